The normalized spacial score (nSPS) is 13.4. The van der Waals surface area contributed by atoms with Crippen molar-refractivity contribution in [2.75, 3.05) is 59.3 Å². The summed E-state index contributed by atoms with van der Waals surface area (Å²) in [5.74, 6) is 1.85. The van der Waals surface area contributed by atoms with E-state index in [0.717, 1.165) is 11.1 Å². The van der Waals surface area contributed by atoms with Gasteiger partial charge in [0.15, 0.2) is 0 Å². The average Bonchev–Trinajstić information content (AvgIpc) is 3.22. The van der Waals surface area contributed by atoms with Gasteiger partial charge in [0.05, 0.1) is 56.5 Å². The maximum Gasteiger partial charge on any atom is 0.334 e. The fourth-order valence-electron chi connectivity index (χ4n) is 6.38. The van der Waals surface area contributed by atoms with Gasteiger partial charge in [-0.25, -0.2) is 4.98 Å². The molecule has 1 atom stereocenters. The Morgan fingerprint density at radius 3 is 1.59 bits per heavy atom. The monoisotopic (exact) mass is 802 g/mol. The molecule has 1 aromatic heterocycles. The van der Waals surface area contributed by atoms with Gasteiger partial charge >= 0.3 is 11.8 Å². The van der Waals surface area contributed by atoms with E-state index < -0.39 is 17.9 Å². The predicted molar refractivity (Wildman–Crippen MR) is 219 cm³/mol. The van der Waals surface area contributed by atoms with Crippen LogP contribution in [0.2, 0.25) is 0 Å². The topological polar surface area (TPSA) is 180 Å². The summed E-state index contributed by atoms with van der Waals surface area (Å²) in [4.78, 5) is 55.6. The van der Waals surface area contributed by atoms with Gasteiger partial charge in [0.2, 0.25) is 0 Å². The summed E-state index contributed by atoms with van der Waals surface area (Å²) in [6.07, 6.45) is 5.16. The first-order valence-corrected chi connectivity index (χ1v) is 19.6. The first-order valence-electron chi connectivity index (χ1n) is 19.6. The number of benzene rings is 2. The number of carbonyl (C=O) groups is 2. The summed E-state index contributed by atoms with van der Waals surface area (Å²) >= 11 is 0. The zero-order chi connectivity index (χ0) is 41.9. The van der Waals surface area contributed by atoms with Crippen molar-refractivity contribution < 1.29 is 38.0 Å². The van der Waals surface area contributed by atoms with Crippen molar-refractivity contribution in [3.63, 3.8) is 0 Å². The van der Waals surface area contributed by atoms with E-state index in [1.54, 1.807) is 24.3 Å². The van der Waals surface area contributed by atoms with Crippen molar-refractivity contribution in [3.8, 4) is 34.5 Å². The number of amides is 2. The molecular weight excluding hydrogens is 748 g/mol. The summed E-state index contributed by atoms with van der Waals surface area (Å²) in [5.41, 5.74) is 2.76. The summed E-state index contributed by atoms with van der Waals surface area (Å²) < 4.78 is 36.3. The molecule has 312 valence electrons. The Labute approximate surface area is 339 Å². The summed E-state index contributed by atoms with van der Waals surface area (Å²) in [7, 11) is 0. The highest BCUT2D eigenvalue weighted by Crippen LogP contribution is 2.37. The van der Waals surface area contributed by atoms with Gasteiger partial charge in [-0.05, 0) is 59.8 Å². The lowest BCUT2D eigenvalue weighted by Crippen LogP contribution is -2.41. The van der Waals surface area contributed by atoms with Gasteiger partial charge in [-0.3, -0.25) is 19.4 Å². The fraction of sp³-hybridized carbons (Fsp3) is 0.452. The number of hydrogen-bond acceptors (Lipinski definition) is 14. The van der Waals surface area contributed by atoms with E-state index in [9.17, 15) is 19.4 Å². The Morgan fingerprint density at radius 1 is 0.655 bits per heavy atom. The quantitative estimate of drug-likeness (QED) is 0.0907. The van der Waals surface area contributed by atoms with Gasteiger partial charge in [-0.1, -0.05) is 18.2 Å². The summed E-state index contributed by atoms with van der Waals surface area (Å²) in [5, 5.41) is 8.33. The zero-order valence-corrected chi connectivity index (χ0v) is 34.2. The molecule has 0 radical (unpaired) electrons. The lowest BCUT2D eigenvalue weighted by atomic mass is 10.1. The molecule has 1 N–H and O–H groups in total. The first kappa shape index (κ1) is 44.8. The second-order valence-electron chi connectivity index (χ2n) is 12.9. The van der Waals surface area contributed by atoms with Crippen molar-refractivity contribution in [1.29, 1.82) is 0 Å². The fourth-order valence-corrected chi connectivity index (χ4v) is 6.38. The largest absolute Gasteiger partial charge is 0.494 e. The number of nitroso groups, excluding NO2 is 2. The van der Waals surface area contributed by atoms with E-state index in [1.165, 1.54) is 6.07 Å². The van der Waals surface area contributed by atoms with Gasteiger partial charge in [-0.2, -0.15) is 0 Å². The Balaban J connectivity index is 1.79. The standard InChI is InChI=1S/C42H54N6O10/c1-7-53-31-21-37(55-9-3)33(38(22-31)56-10-4)27-47(25-29-15-13-17-35(43-29)41(49)45-51)19-20-48(26-30-16-14-18-36(44-30)42(50)46-52)28-34-39(57-11-5)23-32(54-8-2)24-40(34)58-12-6/h13-18,21-24,35,43H,7-12,19-20,25-28H2,1-6H3. The molecule has 0 aliphatic carbocycles. The molecule has 1 aliphatic heterocycles. The molecule has 2 amide bonds. The number of nitrogens with zero attached hydrogens (tertiary/aromatic N) is 5. The number of pyridine rings is 1. The third-order valence-electron chi connectivity index (χ3n) is 8.79. The van der Waals surface area contributed by atoms with Gasteiger partial charge in [-0.15, -0.1) is 9.81 Å². The molecular formula is C42H54N6O10. The Bertz CT molecular complexity index is 1860. The van der Waals surface area contributed by atoms with Crippen molar-refractivity contribution in [2.45, 2.75) is 67.2 Å². The number of rotatable bonds is 25. The molecule has 58 heavy (non-hydrogen) atoms. The Hall–Kier alpha value is -5.87. The Kier molecular flexibility index (Phi) is 18.1. The number of aromatic nitrogens is 1. The highest BCUT2D eigenvalue weighted by molar-refractivity contribution is 5.92. The van der Waals surface area contributed by atoms with E-state index in [2.05, 4.69) is 30.5 Å². The smallest absolute Gasteiger partial charge is 0.334 e. The number of allylic oxidation sites excluding steroid dienone is 2. The van der Waals surface area contributed by atoms with Gasteiger partial charge in [0.25, 0.3) is 0 Å². The highest BCUT2D eigenvalue weighted by Gasteiger charge is 2.25. The molecule has 0 bridgehead atoms. The maximum absolute atomic E-state index is 12.3. The van der Waals surface area contributed by atoms with Crippen molar-refractivity contribution in [2.24, 2.45) is 10.4 Å². The first-order chi connectivity index (χ1) is 28.2. The third kappa shape index (κ3) is 12.8. The van der Waals surface area contributed by atoms with Crippen LogP contribution in [0.15, 0.2) is 76.7 Å². The van der Waals surface area contributed by atoms with Crippen LogP contribution in [0.1, 0.15) is 68.9 Å². The van der Waals surface area contributed by atoms with Crippen molar-refractivity contribution >= 4 is 11.8 Å². The predicted octanol–water partition coefficient (Wildman–Crippen LogP) is 6.59. The molecule has 4 rings (SSSR count). The highest BCUT2D eigenvalue weighted by atomic mass is 16.5. The number of carbonyl (C=O) groups excluding carboxylic acids is 2. The molecule has 1 unspecified atom stereocenters. The van der Waals surface area contributed by atoms with Crippen LogP contribution in [-0.2, 0) is 24.4 Å². The minimum Gasteiger partial charge on any atom is -0.494 e. The van der Waals surface area contributed by atoms with Gasteiger partial charge in [0.1, 0.15) is 46.2 Å². The SMILES string of the molecule is CCOc1cc(OCC)c(CN(CCN(Cc2cccc(C(=O)N=O)n2)Cc2c(OCC)cc(OCC)cc2OCC)CC2=CC=CC(C(=O)N=O)N2)c(OCC)c1. The molecule has 16 heteroatoms. The van der Waals surface area contributed by atoms with Crippen LogP contribution in [0, 0.1) is 9.81 Å². The van der Waals surface area contributed by atoms with E-state index in [0.29, 0.717) is 118 Å². The second-order valence-corrected chi connectivity index (χ2v) is 12.9. The van der Waals surface area contributed by atoms with E-state index in [1.807, 2.05) is 71.9 Å². The molecule has 0 spiro atoms. The van der Waals surface area contributed by atoms with E-state index >= 15 is 0 Å². The number of dihydropyridines is 1. The number of ether oxygens (including phenoxy) is 6. The van der Waals surface area contributed by atoms with Crippen LogP contribution in [0.25, 0.3) is 0 Å². The van der Waals surface area contributed by atoms with Crippen LogP contribution in [-0.4, -0.2) is 91.9 Å². The van der Waals surface area contributed by atoms with Crippen molar-refractivity contribution in [3.05, 3.63) is 98.7 Å². The molecule has 16 nitrogen and oxygen atoms in total. The molecule has 0 saturated carbocycles. The molecule has 2 heterocycles. The maximum atomic E-state index is 12.3. The van der Waals surface area contributed by atoms with Crippen LogP contribution in [0.3, 0.4) is 0 Å². The van der Waals surface area contributed by atoms with Gasteiger partial charge in [0, 0.05) is 79.6 Å². The van der Waals surface area contributed by atoms with Crippen LogP contribution < -0.4 is 33.7 Å². The lowest BCUT2D eigenvalue weighted by molar-refractivity contribution is -0.118. The minimum absolute atomic E-state index is 0.0557. The summed E-state index contributed by atoms with van der Waals surface area (Å²) in [6, 6.07) is 11.4. The number of hydrogen-bond donors (Lipinski definition) is 1. The molecule has 3 aromatic rings. The molecule has 1 aliphatic rings. The second kappa shape index (κ2) is 23.4. The minimum atomic E-state index is -0.960. The van der Waals surface area contributed by atoms with Crippen LogP contribution in [0.4, 0.5) is 0 Å². The molecule has 0 fully saturated rings. The number of nitrogens with one attached hydrogen (secondary N) is 1. The van der Waals surface area contributed by atoms with Crippen molar-refractivity contribution in [1.82, 2.24) is 20.1 Å². The molecule has 0 saturated heterocycles. The van der Waals surface area contributed by atoms with E-state index in [4.69, 9.17) is 28.4 Å². The zero-order valence-electron chi connectivity index (χ0n) is 34.2. The molecule has 2 aromatic carbocycles. The van der Waals surface area contributed by atoms with Crippen LogP contribution >= 0.6 is 0 Å². The van der Waals surface area contributed by atoms with Crippen LogP contribution in [0.5, 0.6) is 34.5 Å². The lowest BCUT2D eigenvalue weighted by Gasteiger charge is -2.31. The van der Waals surface area contributed by atoms with Gasteiger partial charge < -0.3 is 33.7 Å². The third-order valence-corrected chi connectivity index (χ3v) is 8.79. The average molecular weight is 803 g/mol. The van der Waals surface area contributed by atoms with E-state index in [-0.39, 0.29) is 12.2 Å². The summed E-state index contributed by atoms with van der Waals surface area (Å²) in [6.45, 7) is 16.1. The Morgan fingerprint density at radius 2 is 1.14 bits per heavy atom.